The predicted octanol–water partition coefficient (Wildman–Crippen LogP) is 2.79. The van der Waals surface area contributed by atoms with E-state index in [2.05, 4.69) is 9.72 Å². The van der Waals surface area contributed by atoms with E-state index >= 15 is 0 Å². The summed E-state index contributed by atoms with van der Waals surface area (Å²) in [4.78, 5) is 15.6. The van der Waals surface area contributed by atoms with Crippen molar-refractivity contribution in [2.45, 2.75) is 18.2 Å². The first kappa shape index (κ1) is 19.2. The van der Waals surface area contributed by atoms with Gasteiger partial charge in [0, 0.05) is 19.3 Å². The van der Waals surface area contributed by atoms with Crippen molar-refractivity contribution >= 4 is 21.6 Å². The van der Waals surface area contributed by atoms with Gasteiger partial charge in [-0.05, 0) is 54.3 Å². The minimum Gasteiger partial charge on any atom is -0.465 e. The van der Waals surface area contributed by atoms with E-state index in [4.69, 9.17) is 0 Å². The third kappa shape index (κ3) is 3.91. The van der Waals surface area contributed by atoms with Crippen LogP contribution in [0.25, 0.3) is 5.57 Å². The molecular formula is C19H19FN2O4S. The molecule has 142 valence electrons. The van der Waals surface area contributed by atoms with E-state index in [1.165, 1.54) is 35.7 Å². The Hall–Kier alpha value is -2.58. The number of aryl methyl sites for hydroxylation is 1. The number of ether oxygens (including phenoxy) is 1. The van der Waals surface area contributed by atoms with Crippen molar-refractivity contribution in [1.29, 1.82) is 0 Å². The summed E-state index contributed by atoms with van der Waals surface area (Å²) in [6, 6.07) is 5.75. The standard InChI is InChI=1S/C19H19FN2O4S/c1-13-9-15(19(23)26-2)3-4-18(13)27(24,25)22-7-5-14(6-8-22)16-10-17(20)12-21-11-16/h3-5,9-12H,6-8H2,1-2H3. The average molecular weight is 390 g/mol. The smallest absolute Gasteiger partial charge is 0.337 e. The average Bonchev–Trinajstić information content (AvgIpc) is 2.67. The molecule has 6 nitrogen and oxygen atoms in total. The van der Waals surface area contributed by atoms with Gasteiger partial charge in [0.1, 0.15) is 5.82 Å². The van der Waals surface area contributed by atoms with Gasteiger partial charge in [0.05, 0.1) is 23.8 Å². The monoisotopic (exact) mass is 390 g/mol. The fourth-order valence-corrected chi connectivity index (χ4v) is 4.63. The predicted molar refractivity (Wildman–Crippen MR) is 98.1 cm³/mol. The molecule has 1 aliphatic heterocycles. The fraction of sp³-hybridized carbons (Fsp3) is 0.263. The number of hydrogen-bond donors (Lipinski definition) is 0. The maximum atomic E-state index is 13.3. The van der Waals surface area contributed by atoms with E-state index in [0.29, 0.717) is 23.1 Å². The van der Waals surface area contributed by atoms with Crippen LogP contribution in [0, 0.1) is 12.7 Å². The number of nitrogens with zero attached hydrogens (tertiary/aromatic N) is 2. The maximum absolute atomic E-state index is 13.3. The van der Waals surface area contributed by atoms with Crippen LogP contribution >= 0.6 is 0 Å². The lowest BCUT2D eigenvalue weighted by molar-refractivity contribution is 0.0600. The SMILES string of the molecule is COC(=O)c1ccc(S(=O)(=O)N2CC=C(c3cncc(F)c3)CC2)c(C)c1. The summed E-state index contributed by atoms with van der Waals surface area (Å²) in [5.74, 6) is -0.943. The molecule has 1 aromatic heterocycles. The summed E-state index contributed by atoms with van der Waals surface area (Å²) in [6.45, 7) is 2.11. The molecular weight excluding hydrogens is 371 g/mol. The van der Waals surface area contributed by atoms with E-state index < -0.39 is 21.8 Å². The van der Waals surface area contributed by atoms with Crippen LogP contribution < -0.4 is 0 Å². The molecule has 0 radical (unpaired) electrons. The first-order chi connectivity index (χ1) is 12.8. The first-order valence-electron chi connectivity index (χ1n) is 8.32. The number of esters is 1. The van der Waals surface area contributed by atoms with Gasteiger partial charge in [-0.3, -0.25) is 4.98 Å². The van der Waals surface area contributed by atoms with Crippen LogP contribution in [0.2, 0.25) is 0 Å². The quantitative estimate of drug-likeness (QED) is 0.751. The van der Waals surface area contributed by atoms with E-state index in [1.54, 1.807) is 19.2 Å². The number of sulfonamides is 1. The van der Waals surface area contributed by atoms with E-state index in [0.717, 1.165) is 11.8 Å². The highest BCUT2D eigenvalue weighted by Crippen LogP contribution is 2.27. The van der Waals surface area contributed by atoms with Crippen LogP contribution in [0.1, 0.15) is 27.9 Å². The lowest BCUT2D eigenvalue weighted by Crippen LogP contribution is -2.35. The highest BCUT2D eigenvalue weighted by Gasteiger charge is 2.28. The number of hydrogen-bond acceptors (Lipinski definition) is 5. The van der Waals surface area contributed by atoms with Gasteiger partial charge in [0.15, 0.2) is 0 Å². The summed E-state index contributed by atoms with van der Waals surface area (Å²) in [6.07, 6.45) is 4.93. The van der Waals surface area contributed by atoms with Crippen molar-refractivity contribution in [3.8, 4) is 0 Å². The highest BCUT2D eigenvalue weighted by molar-refractivity contribution is 7.89. The Labute approximate surface area is 157 Å². The molecule has 0 N–H and O–H groups in total. The number of benzene rings is 1. The Bertz CT molecular complexity index is 1020. The number of halogens is 1. The molecule has 3 rings (SSSR count). The zero-order chi connectivity index (χ0) is 19.6. The van der Waals surface area contributed by atoms with E-state index in [-0.39, 0.29) is 18.0 Å². The molecule has 8 heteroatoms. The minimum absolute atomic E-state index is 0.152. The van der Waals surface area contributed by atoms with Crippen LogP contribution in [-0.2, 0) is 14.8 Å². The number of carbonyl (C=O) groups is 1. The molecule has 1 aliphatic rings. The zero-order valence-electron chi connectivity index (χ0n) is 15.0. The third-order valence-corrected chi connectivity index (χ3v) is 6.49. The van der Waals surface area contributed by atoms with Crippen LogP contribution in [0.3, 0.4) is 0 Å². The summed E-state index contributed by atoms with van der Waals surface area (Å²) in [5, 5.41) is 0. The minimum atomic E-state index is -3.71. The molecule has 0 saturated heterocycles. The Morgan fingerprint density at radius 2 is 2.04 bits per heavy atom. The van der Waals surface area contributed by atoms with Crippen LogP contribution in [0.4, 0.5) is 4.39 Å². The van der Waals surface area contributed by atoms with Crippen molar-refractivity contribution in [2.24, 2.45) is 0 Å². The van der Waals surface area contributed by atoms with Gasteiger partial charge < -0.3 is 4.74 Å². The molecule has 0 atom stereocenters. The molecule has 0 spiro atoms. The van der Waals surface area contributed by atoms with Crippen molar-refractivity contribution in [1.82, 2.24) is 9.29 Å². The Morgan fingerprint density at radius 1 is 1.26 bits per heavy atom. The Balaban J connectivity index is 1.84. The number of carbonyl (C=O) groups excluding carboxylic acids is 1. The molecule has 0 aliphatic carbocycles. The van der Waals surface area contributed by atoms with Crippen LogP contribution in [0.5, 0.6) is 0 Å². The molecule has 0 saturated carbocycles. The van der Waals surface area contributed by atoms with Crippen molar-refractivity contribution < 1.29 is 22.3 Å². The van der Waals surface area contributed by atoms with Gasteiger partial charge in [-0.15, -0.1) is 0 Å². The molecule has 27 heavy (non-hydrogen) atoms. The first-order valence-corrected chi connectivity index (χ1v) is 9.76. The van der Waals surface area contributed by atoms with Crippen LogP contribution in [-0.4, -0.2) is 43.9 Å². The number of methoxy groups -OCH3 is 1. The van der Waals surface area contributed by atoms with Gasteiger partial charge in [0.2, 0.25) is 10.0 Å². The van der Waals surface area contributed by atoms with Crippen molar-refractivity contribution in [2.75, 3.05) is 20.2 Å². The highest BCUT2D eigenvalue weighted by atomic mass is 32.2. The second kappa shape index (κ2) is 7.58. The molecule has 2 aromatic rings. The molecule has 2 heterocycles. The Morgan fingerprint density at radius 3 is 2.63 bits per heavy atom. The fourth-order valence-electron chi connectivity index (χ4n) is 3.04. The van der Waals surface area contributed by atoms with E-state index in [9.17, 15) is 17.6 Å². The van der Waals surface area contributed by atoms with Gasteiger partial charge in [-0.2, -0.15) is 4.31 Å². The lowest BCUT2D eigenvalue weighted by atomic mass is 10.0. The topological polar surface area (TPSA) is 76.6 Å². The van der Waals surface area contributed by atoms with Crippen molar-refractivity contribution in [3.63, 3.8) is 0 Å². The zero-order valence-corrected chi connectivity index (χ0v) is 15.8. The van der Waals surface area contributed by atoms with Gasteiger partial charge >= 0.3 is 5.97 Å². The second-order valence-electron chi connectivity index (χ2n) is 6.21. The molecule has 1 aromatic carbocycles. The summed E-state index contributed by atoms with van der Waals surface area (Å²) < 4.78 is 45.3. The summed E-state index contributed by atoms with van der Waals surface area (Å²) in [5.41, 5.74) is 2.30. The Kier molecular flexibility index (Phi) is 5.38. The summed E-state index contributed by atoms with van der Waals surface area (Å²) >= 11 is 0. The maximum Gasteiger partial charge on any atom is 0.337 e. The van der Waals surface area contributed by atoms with Gasteiger partial charge in [-0.1, -0.05) is 6.08 Å². The largest absolute Gasteiger partial charge is 0.465 e. The second-order valence-corrected chi connectivity index (χ2v) is 8.11. The number of pyridine rings is 1. The molecule has 0 unspecified atom stereocenters. The molecule has 0 amide bonds. The normalized spacial score (nSPS) is 15.3. The molecule has 0 fully saturated rings. The number of rotatable bonds is 4. The number of aromatic nitrogens is 1. The summed E-state index contributed by atoms with van der Waals surface area (Å²) in [7, 11) is -2.44. The van der Waals surface area contributed by atoms with E-state index in [1.807, 2.05) is 0 Å². The van der Waals surface area contributed by atoms with Gasteiger partial charge in [-0.25, -0.2) is 17.6 Å². The third-order valence-electron chi connectivity index (χ3n) is 4.46. The lowest BCUT2D eigenvalue weighted by Gasteiger charge is -2.26. The van der Waals surface area contributed by atoms with Crippen LogP contribution in [0.15, 0.2) is 47.6 Å². The van der Waals surface area contributed by atoms with Gasteiger partial charge in [0.25, 0.3) is 0 Å². The molecule has 0 bridgehead atoms. The van der Waals surface area contributed by atoms with Crippen molar-refractivity contribution in [3.05, 3.63) is 65.2 Å².